The molecule has 0 amide bonds. The number of benzene rings is 2. The predicted molar refractivity (Wildman–Crippen MR) is 108 cm³/mol. The molecule has 0 aliphatic rings. The van der Waals surface area contributed by atoms with E-state index in [1.54, 1.807) is 10.9 Å². The number of hydrogen-bond donors (Lipinski definition) is 1. The molecule has 7 nitrogen and oxygen atoms in total. The number of carbonyl (C=O) groups excluding carboxylic acids is 1. The zero-order chi connectivity index (χ0) is 20.1. The number of ether oxygens (including phenoxy) is 1. The van der Waals surface area contributed by atoms with Crippen molar-refractivity contribution >= 4 is 31.9 Å². The number of rotatable bonds is 7. The summed E-state index contributed by atoms with van der Waals surface area (Å²) in [5.41, 5.74) is 1.98. The van der Waals surface area contributed by atoms with Crippen molar-refractivity contribution in [3.63, 3.8) is 0 Å². The highest BCUT2D eigenvalue weighted by Crippen LogP contribution is 2.21. The van der Waals surface area contributed by atoms with Crippen LogP contribution in [0.4, 0.5) is 0 Å². The van der Waals surface area contributed by atoms with Gasteiger partial charge >= 0.3 is 5.97 Å². The number of esters is 1. The highest BCUT2D eigenvalue weighted by Gasteiger charge is 2.18. The van der Waals surface area contributed by atoms with Crippen LogP contribution in [0.1, 0.15) is 15.9 Å². The van der Waals surface area contributed by atoms with E-state index in [0.29, 0.717) is 10.9 Å². The first-order valence-corrected chi connectivity index (χ1v) is 10.6. The molecule has 1 aromatic heterocycles. The van der Waals surface area contributed by atoms with E-state index >= 15 is 0 Å². The molecule has 2 aromatic carbocycles. The second kappa shape index (κ2) is 8.68. The third kappa shape index (κ3) is 4.67. The van der Waals surface area contributed by atoms with E-state index in [1.165, 1.54) is 25.3 Å². The summed E-state index contributed by atoms with van der Waals surface area (Å²) in [5.74, 6) is -0.614. The monoisotopic (exact) mass is 463 g/mol. The molecule has 0 saturated carbocycles. The summed E-state index contributed by atoms with van der Waals surface area (Å²) in [4.78, 5) is 11.8. The number of nitrogens with zero attached hydrogens (tertiary/aromatic N) is 2. The number of hydrogen-bond acceptors (Lipinski definition) is 5. The third-order valence-corrected chi connectivity index (χ3v) is 6.17. The summed E-state index contributed by atoms with van der Waals surface area (Å²) in [6.07, 6.45) is 4.04. The largest absolute Gasteiger partial charge is 0.465 e. The van der Waals surface area contributed by atoms with Crippen LogP contribution in [0.2, 0.25) is 0 Å². The quantitative estimate of drug-likeness (QED) is 0.543. The molecule has 28 heavy (non-hydrogen) atoms. The van der Waals surface area contributed by atoms with Gasteiger partial charge in [-0.3, -0.25) is 0 Å². The van der Waals surface area contributed by atoms with E-state index in [2.05, 4.69) is 30.5 Å². The number of halogens is 1. The van der Waals surface area contributed by atoms with Crippen molar-refractivity contribution in [2.24, 2.45) is 0 Å². The molecule has 0 fully saturated rings. The number of sulfonamides is 1. The summed E-state index contributed by atoms with van der Waals surface area (Å²) >= 11 is 3.22. The average Bonchev–Trinajstić information content (AvgIpc) is 3.17. The van der Waals surface area contributed by atoms with Crippen LogP contribution in [0.5, 0.6) is 0 Å². The van der Waals surface area contributed by atoms with E-state index in [0.717, 1.165) is 11.3 Å². The van der Waals surface area contributed by atoms with Gasteiger partial charge in [-0.05, 0) is 58.2 Å². The lowest BCUT2D eigenvalue weighted by atomic mass is 10.2. The molecule has 1 N–H and O–H groups in total. The minimum Gasteiger partial charge on any atom is -0.465 e. The van der Waals surface area contributed by atoms with Gasteiger partial charge in [-0.2, -0.15) is 5.10 Å². The van der Waals surface area contributed by atoms with Gasteiger partial charge in [-0.1, -0.05) is 18.2 Å². The lowest BCUT2D eigenvalue weighted by Gasteiger charge is -2.09. The molecule has 3 rings (SSSR count). The van der Waals surface area contributed by atoms with Gasteiger partial charge < -0.3 is 4.74 Å². The maximum absolute atomic E-state index is 12.5. The van der Waals surface area contributed by atoms with Crippen molar-refractivity contribution < 1.29 is 17.9 Å². The maximum atomic E-state index is 12.5. The molecule has 0 saturated heterocycles. The SMILES string of the molecule is COC(=O)c1cc(S(=O)(=O)NCCc2cnn(-c3ccccc3)c2)ccc1Br. The normalized spacial score (nSPS) is 11.4. The molecular weight excluding hydrogens is 446 g/mol. The standard InChI is InChI=1S/C19H18BrN3O4S/c1-27-19(24)17-11-16(7-8-18(17)20)28(25,26)22-10-9-14-12-21-23(13-14)15-5-3-2-4-6-15/h2-8,11-13,22H,9-10H2,1H3. The van der Waals surface area contributed by atoms with Gasteiger partial charge in [0.1, 0.15) is 0 Å². The maximum Gasteiger partial charge on any atom is 0.339 e. The van der Waals surface area contributed by atoms with E-state index in [1.807, 2.05) is 36.5 Å². The molecule has 0 aliphatic heterocycles. The van der Waals surface area contributed by atoms with E-state index in [4.69, 9.17) is 0 Å². The van der Waals surface area contributed by atoms with Gasteiger partial charge in [0.05, 0.1) is 29.5 Å². The minimum atomic E-state index is -3.76. The summed E-state index contributed by atoms with van der Waals surface area (Å²) < 4.78 is 34.5. The Morgan fingerprint density at radius 3 is 2.68 bits per heavy atom. The second-order valence-corrected chi connectivity index (χ2v) is 8.53. The van der Waals surface area contributed by atoms with Crippen molar-refractivity contribution in [2.75, 3.05) is 13.7 Å². The molecule has 3 aromatic rings. The van der Waals surface area contributed by atoms with Crippen LogP contribution < -0.4 is 4.72 Å². The number of carbonyl (C=O) groups is 1. The molecule has 0 unspecified atom stereocenters. The van der Waals surface area contributed by atoms with E-state index in [-0.39, 0.29) is 17.0 Å². The Morgan fingerprint density at radius 2 is 1.96 bits per heavy atom. The topological polar surface area (TPSA) is 90.3 Å². The molecule has 0 spiro atoms. The Morgan fingerprint density at radius 1 is 1.21 bits per heavy atom. The summed E-state index contributed by atoms with van der Waals surface area (Å²) in [5, 5.41) is 4.29. The van der Waals surface area contributed by atoms with Crippen molar-refractivity contribution in [2.45, 2.75) is 11.3 Å². The number of nitrogens with one attached hydrogen (secondary N) is 1. The first-order chi connectivity index (χ1) is 13.4. The molecule has 146 valence electrons. The Bertz CT molecular complexity index is 1080. The first kappa shape index (κ1) is 20.2. The molecule has 0 bridgehead atoms. The van der Waals surface area contributed by atoms with Gasteiger partial charge in [-0.15, -0.1) is 0 Å². The van der Waals surface area contributed by atoms with Crippen molar-refractivity contribution in [3.8, 4) is 5.69 Å². The van der Waals surface area contributed by atoms with Crippen LogP contribution >= 0.6 is 15.9 Å². The van der Waals surface area contributed by atoms with Gasteiger partial charge in [0, 0.05) is 17.2 Å². The zero-order valence-corrected chi connectivity index (χ0v) is 17.4. The van der Waals surface area contributed by atoms with Crippen molar-refractivity contribution in [3.05, 3.63) is 76.5 Å². The Hall–Kier alpha value is -2.49. The third-order valence-electron chi connectivity index (χ3n) is 4.02. The Kier molecular flexibility index (Phi) is 6.28. The first-order valence-electron chi connectivity index (χ1n) is 8.37. The molecule has 0 aliphatic carbocycles. The van der Waals surface area contributed by atoms with Gasteiger partial charge in [0.2, 0.25) is 10.0 Å². The van der Waals surface area contributed by atoms with Crippen LogP contribution in [0.25, 0.3) is 5.69 Å². The molecule has 0 atom stereocenters. The molecular formula is C19H18BrN3O4S. The summed E-state index contributed by atoms with van der Waals surface area (Å²) in [6, 6.07) is 13.9. The summed E-state index contributed by atoms with van der Waals surface area (Å²) in [6.45, 7) is 0.201. The van der Waals surface area contributed by atoms with Crippen LogP contribution in [-0.4, -0.2) is 37.8 Å². The van der Waals surface area contributed by atoms with Gasteiger partial charge in [-0.25, -0.2) is 22.6 Å². The number of para-hydroxylation sites is 1. The fraction of sp³-hybridized carbons (Fsp3) is 0.158. The van der Waals surface area contributed by atoms with Crippen LogP contribution in [-0.2, 0) is 21.2 Å². The van der Waals surface area contributed by atoms with E-state index in [9.17, 15) is 13.2 Å². The highest BCUT2D eigenvalue weighted by atomic mass is 79.9. The fourth-order valence-electron chi connectivity index (χ4n) is 2.56. The molecule has 9 heteroatoms. The highest BCUT2D eigenvalue weighted by molar-refractivity contribution is 9.10. The lowest BCUT2D eigenvalue weighted by molar-refractivity contribution is 0.0599. The van der Waals surface area contributed by atoms with Crippen LogP contribution in [0, 0.1) is 0 Å². The molecule has 0 radical (unpaired) electrons. The average molecular weight is 464 g/mol. The Labute approximate surface area is 171 Å². The fourth-order valence-corrected chi connectivity index (χ4v) is 4.03. The van der Waals surface area contributed by atoms with Crippen LogP contribution in [0.3, 0.4) is 0 Å². The zero-order valence-electron chi connectivity index (χ0n) is 15.0. The Balaban J connectivity index is 1.66. The minimum absolute atomic E-state index is 0.00363. The van der Waals surface area contributed by atoms with Gasteiger partial charge in [0.15, 0.2) is 0 Å². The smallest absolute Gasteiger partial charge is 0.339 e. The second-order valence-electron chi connectivity index (χ2n) is 5.91. The van der Waals surface area contributed by atoms with Crippen LogP contribution in [0.15, 0.2) is 70.3 Å². The molecule has 1 heterocycles. The van der Waals surface area contributed by atoms with Crippen molar-refractivity contribution in [1.82, 2.24) is 14.5 Å². The lowest BCUT2D eigenvalue weighted by Crippen LogP contribution is -2.26. The number of aromatic nitrogens is 2. The number of methoxy groups -OCH3 is 1. The summed E-state index contributed by atoms with van der Waals surface area (Å²) in [7, 11) is -2.52. The van der Waals surface area contributed by atoms with Crippen molar-refractivity contribution in [1.29, 1.82) is 0 Å². The van der Waals surface area contributed by atoms with E-state index < -0.39 is 16.0 Å². The van der Waals surface area contributed by atoms with Gasteiger partial charge in [0.25, 0.3) is 0 Å². The predicted octanol–water partition coefficient (Wildman–Crippen LogP) is 2.94.